The average molecular weight is 1150 g/mol. The van der Waals surface area contributed by atoms with Crippen LogP contribution in [0, 0.1) is 0 Å². The van der Waals surface area contributed by atoms with Gasteiger partial charge in [-0.3, -0.25) is 14.4 Å². The van der Waals surface area contributed by atoms with Crippen LogP contribution in [0.25, 0.3) is 0 Å². The van der Waals surface area contributed by atoms with Crippen LogP contribution in [-0.2, 0) is 28.6 Å². The van der Waals surface area contributed by atoms with Crippen molar-refractivity contribution in [2.45, 2.75) is 380 Å². The third kappa shape index (κ3) is 67.6. The average Bonchev–Trinajstić information content (AvgIpc) is 3.48. The van der Waals surface area contributed by atoms with E-state index in [4.69, 9.17) is 14.2 Å². The fourth-order valence-corrected chi connectivity index (χ4v) is 10.5. The van der Waals surface area contributed by atoms with E-state index in [0.29, 0.717) is 19.3 Å². The van der Waals surface area contributed by atoms with E-state index in [1.165, 1.54) is 231 Å². The van der Waals surface area contributed by atoms with Crippen molar-refractivity contribution >= 4 is 17.9 Å². The predicted octanol–water partition coefficient (Wildman–Crippen LogP) is 24.8. The summed E-state index contributed by atoms with van der Waals surface area (Å²) in [5, 5.41) is 0. The van der Waals surface area contributed by atoms with Gasteiger partial charge in [0.15, 0.2) is 6.10 Å². The van der Waals surface area contributed by atoms with Gasteiger partial charge in [-0.25, -0.2) is 0 Å². The number of hydrogen-bond acceptors (Lipinski definition) is 6. The second-order valence-corrected chi connectivity index (χ2v) is 24.1. The predicted molar refractivity (Wildman–Crippen MR) is 358 cm³/mol. The first-order valence-corrected chi connectivity index (χ1v) is 35.9. The summed E-state index contributed by atoms with van der Waals surface area (Å²) >= 11 is 0. The number of hydrogen-bond donors (Lipinski definition) is 0. The maximum Gasteiger partial charge on any atom is 0.306 e. The molecule has 0 N–H and O–H groups in total. The Bertz CT molecular complexity index is 1500. The van der Waals surface area contributed by atoms with Gasteiger partial charge >= 0.3 is 17.9 Å². The molecular weight excluding hydrogens is 1010 g/mol. The summed E-state index contributed by atoms with van der Waals surface area (Å²) < 4.78 is 16.9. The van der Waals surface area contributed by atoms with Crippen molar-refractivity contribution in [3.63, 3.8) is 0 Å². The SMILES string of the molecule is CC/C=C\C/C=C\C/C=C\C/C=C\CCCCCCC(=O)OC(COC(=O)CCCCCCC/C=C\CCCCCCC)COC(=O)CCCCCCCCCCCCCCCCCCCCCCC/C=C\CCCCCCCCCC. The molecular formula is C76H136O6. The fraction of sp³-hybridized carbons (Fsp3) is 0.803. The highest BCUT2D eigenvalue weighted by Gasteiger charge is 2.19. The lowest BCUT2D eigenvalue weighted by atomic mass is 10.0. The topological polar surface area (TPSA) is 78.9 Å². The number of allylic oxidation sites excluding steroid dienone is 12. The third-order valence-electron chi connectivity index (χ3n) is 15.9. The summed E-state index contributed by atoms with van der Waals surface area (Å²) in [4.78, 5) is 38.4. The molecule has 0 amide bonds. The van der Waals surface area contributed by atoms with E-state index in [0.717, 1.165) is 103 Å². The van der Waals surface area contributed by atoms with E-state index < -0.39 is 6.10 Å². The molecule has 0 fully saturated rings. The number of rotatable bonds is 66. The minimum absolute atomic E-state index is 0.0850. The summed E-state index contributed by atoms with van der Waals surface area (Å²) in [6.45, 7) is 6.54. The Morgan fingerprint density at radius 3 is 0.756 bits per heavy atom. The number of carbonyl (C=O) groups is 3. The molecule has 1 atom stereocenters. The first-order valence-electron chi connectivity index (χ1n) is 35.9. The summed E-state index contributed by atoms with van der Waals surface area (Å²) in [7, 11) is 0. The maximum atomic E-state index is 12.9. The van der Waals surface area contributed by atoms with Gasteiger partial charge in [-0.2, -0.15) is 0 Å². The molecule has 0 bridgehead atoms. The van der Waals surface area contributed by atoms with Crippen molar-refractivity contribution in [2.75, 3.05) is 13.2 Å². The molecule has 0 spiro atoms. The van der Waals surface area contributed by atoms with Gasteiger partial charge < -0.3 is 14.2 Å². The lowest BCUT2D eigenvalue weighted by Crippen LogP contribution is -2.30. The maximum absolute atomic E-state index is 12.9. The summed E-state index contributed by atoms with van der Waals surface area (Å²) in [5.74, 6) is -0.899. The quantitative estimate of drug-likeness (QED) is 0.0261. The van der Waals surface area contributed by atoms with Gasteiger partial charge in [0.05, 0.1) is 0 Å². The largest absolute Gasteiger partial charge is 0.462 e. The van der Waals surface area contributed by atoms with Gasteiger partial charge in [0.25, 0.3) is 0 Å². The first kappa shape index (κ1) is 78.8. The van der Waals surface area contributed by atoms with Gasteiger partial charge in [-0.1, -0.05) is 318 Å². The number of ether oxygens (including phenoxy) is 3. The van der Waals surface area contributed by atoms with Gasteiger partial charge in [0, 0.05) is 19.3 Å². The summed E-state index contributed by atoms with van der Waals surface area (Å²) in [6, 6.07) is 0. The monoisotopic (exact) mass is 1150 g/mol. The minimum Gasteiger partial charge on any atom is -0.462 e. The van der Waals surface area contributed by atoms with Crippen LogP contribution < -0.4 is 0 Å². The molecule has 0 aliphatic rings. The van der Waals surface area contributed by atoms with E-state index in [1.807, 2.05) is 0 Å². The highest BCUT2D eigenvalue weighted by atomic mass is 16.6. The second kappa shape index (κ2) is 70.3. The molecule has 0 heterocycles. The normalized spacial score (nSPS) is 12.5. The molecule has 0 radical (unpaired) electrons. The lowest BCUT2D eigenvalue weighted by Gasteiger charge is -2.18. The van der Waals surface area contributed by atoms with Crippen molar-refractivity contribution < 1.29 is 28.6 Å². The van der Waals surface area contributed by atoms with Crippen LogP contribution in [0.15, 0.2) is 72.9 Å². The molecule has 0 aliphatic heterocycles. The van der Waals surface area contributed by atoms with Crippen LogP contribution in [-0.4, -0.2) is 37.2 Å². The standard InChI is InChI=1S/C76H136O6/c1-4-7-10-13-16-19-22-25-28-30-31-32-33-34-35-36-37-38-39-40-41-42-43-44-45-47-48-51-54-57-60-63-66-69-75(78)81-72-73(71-80-74(77)68-65-62-59-56-53-50-27-24-21-18-15-12-9-6-3)82-76(79)70-67-64-61-58-55-52-49-46-29-26-23-20-17-14-11-8-5-2/h8,11,17,20,24,26-27,29-31,49,52,73H,4-7,9-10,12-16,18-19,21-23,25,28,32-48,50-51,53-72H2,1-3H3/b11-8-,20-17-,27-24-,29-26-,31-30-,52-49-. The molecule has 6 nitrogen and oxygen atoms in total. The minimum atomic E-state index is -0.792. The number of unbranched alkanes of at least 4 members (excludes halogenated alkanes) is 43. The highest BCUT2D eigenvalue weighted by Crippen LogP contribution is 2.18. The Hall–Kier alpha value is -3.15. The van der Waals surface area contributed by atoms with Gasteiger partial charge in [-0.05, 0) is 109 Å². The molecule has 82 heavy (non-hydrogen) atoms. The van der Waals surface area contributed by atoms with E-state index in [2.05, 4.69) is 93.7 Å². The zero-order chi connectivity index (χ0) is 59.2. The van der Waals surface area contributed by atoms with Crippen molar-refractivity contribution in [1.29, 1.82) is 0 Å². The van der Waals surface area contributed by atoms with Crippen LogP contribution in [0.4, 0.5) is 0 Å². The molecule has 0 saturated carbocycles. The zero-order valence-corrected chi connectivity index (χ0v) is 54.8. The Labute approximate surface area is 510 Å². The van der Waals surface area contributed by atoms with Crippen LogP contribution in [0.3, 0.4) is 0 Å². The first-order chi connectivity index (χ1) is 40.5. The van der Waals surface area contributed by atoms with Gasteiger partial charge in [-0.15, -0.1) is 0 Å². The second-order valence-electron chi connectivity index (χ2n) is 24.1. The third-order valence-corrected chi connectivity index (χ3v) is 15.9. The molecule has 0 rings (SSSR count). The molecule has 1 unspecified atom stereocenters. The molecule has 0 saturated heterocycles. The van der Waals surface area contributed by atoms with Crippen LogP contribution >= 0.6 is 0 Å². The van der Waals surface area contributed by atoms with Crippen LogP contribution in [0.5, 0.6) is 0 Å². The molecule has 0 aromatic carbocycles. The highest BCUT2D eigenvalue weighted by molar-refractivity contribution is 5.71. The Kier molecular flexibility index (Phi) is 67.6. The van der Waals surface area contributed by atoms with E-state index >= 15 is 0 Å². The van der Waals surface area contributed by atoms with E-state index in [9.17, 15) is 14.4 Å². The van der Waals surface area contributed by atoms with Crippen molar-refractivity contribution in [2.24, 2.45) is 0 Å². The zero-order valence-electron chi connectivity index (χ0n) is 54.8. The van der Waals surface area contributed by atoms with Crippen molar-refractivity contribution in [3.8, 4) is 0 Å². The Balaban J connectivity index is 4.16. The Morgan fingerprint density at radius 2 is 0.476 bits per heavy atom. The summed E-state index contributed by atoms with van der Waals surface area (Å²) in [6.07, 6.45) is 92.4. The van der Waals surface area contributed by atoms with Gasteiger partial charge in [0.2, 0.25) is 0 Å². The Morgan fingerprint density at radius 1 is 0.256 bits per heavy atom. The van der Waals surface area contributed by atoms with Gasteiger partial charge in [0.1, 0.15) is 13.2 Å². The van der Waals surface area contributed by atoms with E-state index in [1.54, 1.807) is 0 Å². The van der Waals surface area contributed by atoms with Crippen molar-refractivity contribution in [1.82, 2.24) is 0 Å². The number of carbonyl (C=O) groups excluding carboxylic acids is 3. The fourth-order valence-electron chi connectivity index (χ4n) is 10.5. The lowest BCUT2D eigenvalue weighted by molar-refractivity contribution is -0.167. The van der Waals surface area contributed by atoms with Crippen molar-refractivity contribution in [3.05, 3.63) is 72.9 Å². The molecule has 6 heteroatoms. The molecule has 476 valence electrons. The molecule has 0 aliphatic carbocycles. The number of esters is 3. The summed E-state index contributed by atoms with van der Waals surface area (Å²) in [5.41, 5.74) is 0. The molecule has 0 aromatic rings. The van der Waals surface area contributed by atoms with Crippen LogP contribution in [0.1, 0.15) is 374 Å². The van der Waals surface area contributed by atoms with E-state index in [-0.39, 0.29) is 31.1 Å². The van der Waals surface area contributed by atoms with Crippen LogP contribution in [0.2, 0.25) is 0 Å². The molecule has 0 aromatic heterocycles. The smallest absolute Gasteiger partial charge is 0.306 e.